The molecule has 1 aromatic carbocycles. The number of nitrogens with zero attached hydrogens (tertiary/aromatic N) is 1. The summed E-state index contributed by atoms with van der Waals surface area (Å²) >= 11 is 0. The van der Waals surface area contributed by atoms with Crippen molar-refractivity contribution in [3.8, 4) is 5.75 Å². The molecule has 0 heterocycles. The first-order chi connectivity index (χ1) is 9.93. The molecule has 2 unspecified atom stereocenters. The third kappa shape index (κ3) is 2.29. The lowest BCUT2D eigenvalue weighted by Gasteiger charge is -2.34. The van der Waals surface area contributed by atoms with Crippen molar-refractivity contribution in [1.29, 1.82) is 0 Å². The maximum absolute atomic E-state index is 12.1. The summed E-state index contributed by atoms with van der Waals surface area (Å²) in [5.41, 5.74) is 1.43. The number of hydrogen-bond donors (Lipinski definition) is 0. The molecule has 21 heavy (non-hydrogen) atoms. The van der Waals surface area contributed by atoms with Crippen LogP contribution in [0.2, 0.25) is 0 Å². The maximum atomic E-state index is 12.1. The van der Waals surface area contributed by atoms with Crippen LogP contribution < -0.4 is 4.74 Å². The number of para-hydroxylation sites is 1. The fourth-order valence-electron chi connectivity index (χ4n) is 3.94. The predicted octanol–water partition coefficient (Wildman–Crippen LogP) is 3.88. The van der Waals surface area contributed by atoms with Crippen LogP contribution in [0, 0.1) is 16.7 Å². The minimum Gasteiger partial charge on any atom is -0.484 e. The fourth-order valence-corrected chi connectivity index (χ4v) is 3.94. The molecule has 0 aromatic heterocycles. The van der Waals surface area contributed by atoms with E-state index in [4.69, 9.17) is 4.74 Å². The van der Waals surface area contributed by atoms with Crippen LogP contribution in [-0.4, -0.2) is 18.2 Å². The van der Waals surface area contributed by atoms with E-state index in [1.165, 1.54) is 6.42 Å². The second kappa shape index (κ2) is 4.97. The molecule has 1 aromatic rings. The number of amides is 1. The van der Waals surface area contributed by atoms with Gasteiger partial charge < -0.3 is 4.74 Å². The maximum Gasteiger partial charge on any atom is 0.283 e. The van der Waals surface area contributed by atoms with Crippen molar-refractivity contribution in [3.05, 3.63) is 30.3 Å². The fraction of sp³-hybridized carbons (Fsp3) is 0.556. The predicted molar refractivity (Wildman–Crippen MR) is 83.6 cm³/mol. The summed E-state index contributed by atoms with van der Waals surface area (Å²) in [5, 5.41) is 0. The Bertz CT molecular complexity index is 576. The Hall–Kier alpha value is -1.64. The number of carbonyl (C=O) groups excluding carboxylic acids is 1. The van der Waals surface area contributed by atoms with E-state index in [1.54, 1.807) is 0 Å². The van der Waals surface area contributed by atoms with Gasteiger partial charge in [0.1, 0.15) is 5.75 Å². The lowest BCUT2D eigenvalue weighted by atomic mass is 9.70. The monoisotopic (exact) mass is 285 g/mol. The average Bonchev–Trinajstić information content (AvgIpc) is 2.79. The largest absolute Gasteiger partial charge is 0.484 e. The van der Waals surface area contributed by atoms with Gasteiger partial charge in [-0.3, -0.25) is 4.79 Å². The number of aliphatic imine (C=N–C) groups is 1. The van der Waals surface area contributed by atoms with Crippen molar-refractivity contribution < 1.29 is 9.53 Å². The van der Waals surface area contributed by atoms with Gasteiger partial charge in [-0.1, -0.05) is 39.0 Å². The van der Waals surface area contributed by atoms with E-state index in [9.17, 15) is 4.79 Å². The van der Waals surface area contributed by atoms with E-state index in [-0.39, 0.29) is 23.3 Å². The van der Waals surface area contributed by atoms with Crippen molar-refractivity contribution in [1.82, 2.24) is 0 Å². The molecule has 1 amide bonds. The molecule has 2 fully saturated rings. The summed E-state index contributed by atoms with van der Waals surface area (Å²) in [4.78, 5) is 16.5. The van der Waals surface area contributed by atoms with Crippen molar-refractivity contribution in [2.75, 3.05) is 6.61 Å². The summed E-state index contributed by atoms with van der Waals surface area (Å²) in [6.07, 6.45) is 3.38. The smallest absolute Gasteiger partial charge is 0.283 e. The summed E-state index contributed by atoms with van der Waals surface area (Å²) in [6.45, 7) is 6.93. The molecule has 2 aliphatic carbocycles. The van der Waals surface area contributed by atoms with Crippen molar-refractivity contribution >= 4 is 11.6 Å². The van der Waals surface area contributed by atoms with Gasteiger partial charge in [-0.2, -0.15) is 0 Å². The Labute approximate surface area is 126 Å². The Kier molecular flexibility index (Phi) is 3.39. The highest BCUT2D eigenvalue weighted by atomic mass is 16.5. The lowest BCUT2D eigenvalue weighted by Crippen LogP contribution is -2.33. The van der Waals surface area contributed by atoms with Gasteiger partial charge in [0.2, 0.25) is 0 Å². The van der Waals surface area contributed by atoms with Gasteiger partial charge in [-0.15, -0.1) is 0 Å². The molecular formula is C18H23NO2. The minimum atomic E-state index is -0.168. The topological polar surface area (TPSA) is 38.7 Å². The van der Waals surface area contributed by atoms with Crippen molar-refractivity contribution in [3.63, 3.8) is 0 Å². The molecule has 112 valence electrons. The van der Waals surface area contributed by atoms with Gasteiger partial charge in [0.05, 0.1) is 0 Å². The number of hydrogen-bond acceptors (Lipinski definition) is 2. The minimum absolute atomic E-state index is 0.0225. The van der Waals surface area contributed by atoms with Crippen LogP contribution in [0.25, 0.3) is 0 Å². The van der Waals surface area contributed by atoms with Gasteiger partial charge in [0.25, 0.3) is 5.91 Å². The zero-order valence-corrected chi connectivity index (χ0v) is 13.1. The summed E-state index contributed by atoms with van der Waals surface area (Å²) in [5.74, 6) is 1.22. The van der Waals surface area contributed by atoms with Crippen LogP contribution in [0.5, 0.6) is 5.75 Å². The lowest BCUT2D eigenvalue weighted by molar-refractivity contribution is -0.119. The first-order valence-electron chi connectivity index (χ1n) is 7.72. The molecule has 0 aliphatic heterocycles. The summed E-state index contributed by atoms with van der Waals surface area (Å²) in [7, 11) is 0. The first-order valence-corrected chi connectivity index (χ1v) is 7.72. The molecular weight excluding hydrogens is 262 g/mol. The molecule has 3 rings (SSSR count). The molecule has 2 aliphatic rings. The Morgan fingerprint density at radius 2 is 2.00 bits per heavy atom. The molecule has 0 saturated heterocycles. The first kappa shape index (κ1) is 14.3. The molecule has 2 atom stereocenters. The normalized spacial score (nSPS) is 31.6. The SMILES string of the molecule is CC12CCC(CC1=NC(=O)COc1ccccc1)C2(C)C. The molecule has 2 bridgehead atoms. The number of ether oxygens (including phenoxy) is 1. The van der Waals surface area contributed by atoms with Gasteiger partial charge in [0, 0.05) is 11.1 Å². The molecule has 3 nitrogen and oxygen atoms in total. The summed E-state index contributed by atoms with van der Waals surface area (Å²) < 4.78 is 5.49. The van der Waals surface area contributed by atoms with E-state index in [0.717, 1.165) is 18.6 Å². The van der Waals surface area contributed by atoms with Crippen LogP contribution in [-0.2, 0) is 4.79 Å². The van der Waals surface area contributed by atoms with Crippen molar-refractivity contribution in [2.45, 2.75) is 40.0 Å². The molecule has 0 spiro atoms. The number of fused-ring (bicyclic) bond motifs is 2. The Balaban J connectivity index is 1.68. The molecule has 0 N–H and O–H groups in total. The van der Waals surface area contributed by atoms with E-state index in [0.29, 0.717) is 11.7 Å². The summed E-state index contributed by atoms with van der Waals surface area (Å²) in [6, 6.07) is 9.41. The number of rotatable bonds is 3. The van der Waals surface area contributed by atoms with Crippen LogP contribution in [0.3, 0.4) is 0 Å². The van der Waals surface area contributed by atoms with E-state index in [2.05, 4.69) is 25.8 Å². The van der Waals surface area contributed by atoms with Crippen LogP contribution in [0.1, 0.15) is 40.0 Å². The van der Waals surface area contributed by atoms with Crippen LogP contribution >= 0.6 is 0 Å². The molecule has 0 radical (unpaired) electrons. The highest BCUT2D eigenvalue weighted by molar-refractivity contribution is 6.02. The second-order valence-corrected chi connectivity index (χ2v) is 7.05. The van der Waals surface area contributed by atoms with Gasteiger partial charge in [-0.05, 0) is 42.7 Å². The van der Waals surface area contributed by atoms with E-state index in [1.807, 2.05) is 30.3 Å². The standard InChI is InChI=1S/C18H23NO2/c1-17(2)13-9-10-18(17,3)15(11-13)19-16(20)12-21-14-7-5-4-6-8-14/h4-8,13H,9-12H2,1-3H3. The van der Waals surface area contributed by atoms with Gasteiger partial charge >= 0.3 is 0 Å². The third-order valence-corrected chi connectivity index (χ3v) is 5.88. The van der Waals surface area contributed by atoms with E-state index >= 15 is 0 Å². The Morgan fingerprint density at radius 3 is 2.57 bits per heavy atom. The molecule has 3 heteroatoms. The Morgan fingerprint density at radius 1 is 1.29 bits per heavy atom. The average molecular weight is 285 g/mol. The molecule has 2 saturated carbocycles. The second-order valence-electron chi connectivity index (χ2n) is 7.05. The highest BCUT2D eigenvalue weighted by Crippen LogP contribution is 2.63. The van der Waals surface area contributed by atoms with Crippen LogP contribution in [0.4, 0.5) is 0 Å². The van der Waals surface area contributed by atoms with Gasteiger partial charge in [0.15, 0.2) is 6.61 Å². The van der Waals surface area contributed by atoms with Gasteiger partial charge in [-0.25, -0.2) is 4.99 Å². The number of carbonyl (C=O) groups is 1. The number of benzene rings is 1. The zero-order chi connectivity index (χ0) is 15.1. The zero-order valence-electron chi connectivity index (χ0n) is 13.1. The van der Waals surface area contributed by atoms with Crippen molar-refractivity contribution in [2.24, 2.45) is 21.7 Å². The highest BCUT2D eigenvalue weighted by Gasteiger charge is 2.59. The third-order valence-electron chi connectivity index (χ3n) is 5.88. The van der Waals surface area contributed by atoms with Crippen LogP contribution in [0.15, 0.2) is 35.3 Å². The quantitative estimate of drug-likeness (QED) is 0.845. The van der Waals surface area contributed by atoms with E-state index < -0.39 is 0 Å².